The normalized spacial score (nSPS) is 10.7. The quantitative estimate of drug-likeness (QED) is 0.740. The molecule has 0 aliphatic rings. The minimum absolute atomic E-state index is 0.139. The number of nitrogens with zero attached hydrogens (tertiary/aromatic N) is 1. The molecule has 1 aromatic rings. The molecule has 0 aliphatic carbocycles. The Labute approximate surface area is 82.6 Å². The van der Waals surface area contributed by atoms with Gasteiger partial charge in [-0.1, -0.05) is 0 Å². The van der Waals surface area contributed by atoms with Crippen molar-refractivity contribution in [1.82, 2.24) is 4.57 Å². The third-order valence-corrected chi connectivity index (χ3v) is 2.53. The molecule has 0 saturated heterocycles. The maximum Gasteiger partial charge on any atom is 0.197 e. The first kappa shape index (κ1) is 10.3. The van der Waals surface area contributed by atoms with Gasteiger partial charge in [0.15, 0.2) is 11.8 Å². The molecule has 0 unspecified atom stereocenters. The molecular formula is C9H14ClNO2. The van der Waals surface area contributed by atoms with Crippen LogP contribution in [-0.4, -0.2) is 20.7 Å². The van der Waals surface area contributed by atoms with Gasteiger partial charge in [-0.3, -0.25) is 4.57 Å². The van der Waals surface area contributed by atoms with Crippen LogP contribution in [0.1, 0.15) is 17.5 Å². The summed E-state index contributed by atoms with van der Waals surface area (Å²) in [6.07, 6.45) is 0.732. The number of halogens is 1. The molecule has 0 aliphatic heterocycles. The molecule has 0 aromatic carbocycles. The van der Waals surface area contributed by atoms with Crippen molar-refractivity contribution in [2.45, 2.75) is 26.8 Å². The van der Waals surface area contributed by atoms with Gasteiger partial charge in [-0.25, -0.2) is 0 Å². The second kappa shape index (κ2) is 3.92. The summed E-state index contributed by atoms with van der Waals surface area (Å²) in [6.45, 7) is 4.11. The fourth-order valence-electron chi connectivity index (χ4n) is 1.27. The maximum absolute atomic E-state index is 9.59. The van der Waals surface area contributed by atoms with Crippen LogP contribution in [0.2, 0.25) is 0 Å². The summed E-state index contributed by atoms with van der Waals surface area (Å²) in [5, 5.41) is 19.2. The predicted molar refractivity (Wildman–Crippen MR) is 52.6 cm³/mol. The number of hydrogen-bond acceptors (Lipinski definition) is 2. The molecule has 1 aromatic heterocycles. The first-order chi connectivity index (χ1) is 6.09. The van der Waals surface area contributed by atoms with Crippen molar-refractivity contribution in [3.63, 3.8) is 0 Å². The Morgan fingerprint density at radius 2 is 1.62 bits per heavy atom. The molecule has 0 radical (unpaired) electrons. The Morgan fingerprint density at radius 1 is 1.15 bits per heavy atom. The van der Waals surface area contributed by atoms with Crippen LogP contribution in [0.15, 0.2) is 0 Å². The van der Waals surface area contributed by atoms with Crippen LogP contribution >= 0.6 is 11.6 Å². The Balaban J connectivity index is 2.99. The number of hydrogen-bond donors (Lipinski definition) is 2. The SMILES string of the molecule is Cc1c(C)c(O)n(CCCCl)c1O. The third kappa shape index (κ3) is 1.75. The summed E-state index contributed by atoms with van der Waals surface area (Å²) in [5.41, 5.74) is 1.46. The minimum atomic E-state index is 0.139. The van der Waals surface area contributed by atoms with E-state index in [1.165, 1.54) is 4.57 Å². The van der Waals surface area contributed by atoms with Crippen LogP contribution in [-0.2, 0) is 6.54 Å². The molecular weight excluding hydrogens is 190 g/mol. The average molecular weight is 204 g/mol. The topological polar surface area (TPSA) is 45.4 Å². The van der Waals surface area contributed by atoms with Gasteiger partial charge in [0.25, 0.3) is 0 Å². The molecule has 4 heteroatoms. The van der Waals surface area contributed by atoms with Crippen LogP contribution in [0, 0.1) is 13.8 Å². The number of rotatable bonds is 3. The van der Waals surface area contributed by atoms with E-state index >= 15 is 0 Å². The van der Waals surface area contributed by atoms with Gasteiger partial charge in [0.2, 0.25) is 0 Å². The molecule has 0 bridgehead atoms. The largest absolute Gasteiger partial charge is 0.494 e. The van der Waals surface area contributed by atoms with Gasteiger partial charge < -0.3 is 10.2 Å². The maximum atomic E-state index is 9.59. The molecule has 13 heavy (non-hydrogen) atoms. The summed E-state index contributed by atoms with van der Waals surface area (Å²) >= 11 is 5.53. The second-order valence-corrected chi connectivity index (χ2v) is 3.47. The van der Waals surface area contributed by atoms with Crippen molar-refractivity contribution in [1.29, 1.82) is 0 Å². The van der Waals surface area contributed by atoms with Crippen LogP contribution in [0.25, 0.3) is 0 Å². The molecule has 0 atom stereocenters. The van der Waals surface area contributed by atoms with E-state index in [9.17, 15) is 10.2 Å². The highest BCUT2D eigenvalue weighted by atomic mass is 35.5. The lowest BCUT2D eigenvalue weighted by Crippen LogP contribution is -1.97. The van der Waals surface area contributed by atoms with Crippen LogP contribution in [0.3, 0.4) is 0 Å². The summed E-state index contributed by atoms with van der Waals surface area (Å²) in [4.78, 5) is 0. The first-order valence-electron chi connectivity index (χ1n) is 4.23. The Hall–Kier alpha value is -0.830. The van der Waals surface area contributed by atoms with Gasteiger partial charge in [-0.15, -0.1) is 11.6 Å². The summed E-state index contributed by atoms with van der Waals surface area (Å²) in [7, 11) is 0. The van der Waals surface area contributed by atoms with E-state index in [0.717, 1.165) is 17.5 Å². The van der Waals surface area contributed by atoms with Gasteiger partial charge in [-0.05, 0) is 20.3 Å². The molecule has 3 nitrogen and oxygen atoms in total. The summed E-state index contributed by atoms with van der Waals surface area (Å²) < 4.78 is 1.48. The van der Waals surface area contributed by atoms with Gasteiger partial charge in [0.05, 0.1) is 0 Å². The molecule has 0 amide bonds. The highest BCUT2D eigenvalue weighted by molar-refractivity contribution is 6.17. The second-order valence-electron chi connectivity index (χ2n) is 3.09. The van der Waals surface area contributed by atoms with E-state index in [1.54, 1.807) is 13.8 Å². The van der Waals surface area contributed by atoms with E-state index in [-0.39, 0.29) is 11.8 Å². The molecule has 2 N–H and O–H groups in total. The Morgan fingerprint density at radius 3 is 2.00 bits per heavy atom. The Kier molecular flexibility index (Phi) is 3.09. The Bertz CT molecular complexity index is 282. The molecule has 1 heterocycles. The number of aromatic hydroxyl groups is 2. The van der Waals surface area contributed by atoms with Crippen molar-refractivity contribution in [3.05, 3.63) is 11.1 Å². The van der Waals surface area contributed by atoms with E-state index in [1.807, 2.05) is 0 Å². The van der Waals surface area contributed by atoms with Gasteiger partial charge in [0.1, 0.15) is 0 Å². The average Bonchev–Trinajstić information content (AvgIpc) is 2.30. The lowest BCUT2D eigenvalue weighted by molar-refractivity contribution is 0.365. The lowest BCUT2D eigenvalue weighted by Gasteiger charge is -2.04. The fraction of sp³-hybridized carbons (Fsp3) is 0.556. The van der Waals surface area contributed by atoms with Gasteiger partial charge in [0, 0.05) is 23.6 Å². The minimum Gasteiger partial charge on any atom is -0.494 e. The number of alkyl halides is 1. The monoisotopic (exact) mass is 203 g/mol. The molecule has 74 valence electrons. The highest BCUT2D eigenvalue weighted by Gasteiger charge is 2.14. The van der Waals surface area contributed by atoms with Crippen LogP contribution in [0.4, 0.5) is 0 Å². The van der Waals surface area contributed by atoms with E-state index in [0.29, 0.717) is 12.4 Å². The summed E-state index contributed by atoms with van der Waals surface area (Å²) in [5.74, 6) is 0.801. The van der Waals surface area contributed by atoms with E-state index < -0.39 is 0 Å². The van der Waals surface area contributed by atoms with Crippen molar-refractivity contribution in [2.75, 3.05) is 5.88 Å². The molecule has 0 spiro atoms. The van der Waals surface area contributed by atoms with Crippen molar-refractivity contribution in [2.24, 2.45) is 0 Å². The van der Waals surface area contributed by atoms with E-state index in [2.05, 4.69) is 0 Å². The van der Waals surface area contributed by atoms with Gasteiger partial charge >= 0.3 is 0 Å². The molecule has 0 fully saturated rings. The molecule has 1 rings (SSSR count). The standard InChI is InChI=1S/C9H14ClNO2/c1-6-7(2)9(13)11(8(6)12)5-3-4-10/h12-13H,3-5H2,1-2H3. The van der Waals surface area contributed by atoms with Crippen molar-refractivity contribution < 1.29 is 10.2 Å². The lowest BCUT2D eigenvalue weighted by atomic mass is 10.2. The zero-order valence-electron chi connectivity index (χ0n) is 7.84. The predicted octanol–water partition coefficient (Wildman–Crippen LogP) is 2.15. The van der Waals surface area contributed by atoms with Gasteiger partial charge in [-0.2, -0.15) is 0 Å². The first-order valence-corrected chi connectivity index (χ1v) is 4.76. The fourth-order valence-corrected chi connectivity index (χ4v) is 1.39. The summed E-state index contributed by atoms with van der Waals surface area (Å²) in [6, 6.07) is 0. The van der Waals surface area contributed by atoms with E-state index in [4.69, 9.17) is 11.6 Å². The zero-order valence-corrected chi connectivity index (χ0v) is 8.60. The van der Waals surface area contributed by atoms with Crippen molar-refractivity contribution in [3.8, 4) is 11.8 Å². The smallest absolute Gasteiger partial charge is 0.197 e. The third-order valence-electron chi connectivity index (χ3n) is 2.26. The zero-order chi connectivity index (χ0) is 10.0. The van der Waals surface area contributed by atoms with Crippen LogP contribution in [0.5, 0.6) is 11.8 Å². The molecule has 0 saturated carbocycles. The van der Waals surface area contributed by atoms with Crippen molar-refractivity contribution >= 4 is 11.6 Å². The highest BCUT2D eigenvalue weighted by Crippen LogP contribution is 2.32. The number of aromatic nitrogens is 1. The van der Waals surface area contributed by atoms with Crippen LogP contribution < -0.4 is 0 Å².